The molecule has 0 unspecified atom stereocenters. The van der Waals surface area contributed by atoms with Crippen molar-refractivity contribution < 1.29 is 4.43 Å². The van der Waals surface area contributed by atoms with Crippen LogP contribution in [-0.2, 0) is 4.43 Å². The highest BCUT2D eigenvalue weighted by atomic mass is 28.4. The van der Waals surface area contributed by atoms with E-state index in [0.717, 1.165) is 11.8 Å². The van der Waals surface area contributed by atoms with E-state index in [2.05, 4.69) is 33.9 Å². The summed E-state index contributed by atoms with van der Waals surface area (Å²) < 4.78 is 6.46. The minimum absolute atomic E-state index is 0.375. The maximum atomic E-state index is 6.46. The Labute approximate surface area is 89.4 Å². The first-order chi connectivity index (χ1) is 6.31. The van der Waals surface area contributed by atoms with Crippen LogP contribution in [0.4, 0.5) is 0 Å². The first-order valence-electron chi connectivity index (χ1n) is 5.99. The highest BCUT2D eigenvalue weighted by Gasteiger charge is 2.51. The highest BCUT2D eigenvalue weighted by molar-refractivity contribution is 6.74. The van der Waals surface area contributed by atoms with Gasteiger partial charge in [-0.25, -0.2) is 0 Å². The fourth-order valence-corrected chi connectivity index (χ4v) is 3.76. The van der Waals surface area contributed by atoms with Crippen LogP contribution in [0, 0.1) is 11.8 Å². The Bertz CT molecular complexity index is 229. The molecule has 14 heavy (non-hydrogen) atoms. The summed E-state index contributed by atoms with van der Waals surface area (Å²) >= 11 is 0. The van der Waals surface area contributed by atoms with Crippen molar-refractivity contribution in [2.75, 3.05) is 0 Å². The lowest BCUT2D eigenvalue weighted by Gasteiger charge is -2.38. The molecule has 82 valence electrons. The van der Waals surface area contributed by atoms with Crippen LogP contribution in [-0.4, -0.2) is 14.4 Å². The molecule has 0 aromatic heterocycles. The van der Waals surface area contributed by atoms with Crippen molar-refractivity contribution >= 4 is 8.32 Å². The van der Waals surface area contributed by atoms with E-state index in [-0.39, 0.29) is 0 Å². The third-order valence-electron chi connectivity index (χ3n) is 4.53. The van der Waals surface area contributed by atoms with E-state index in [1.807, 2.05) is 0 Å². The van der Waals surface area contributed by atoms with E-state index in [0.29, 0.717) is 11.1 Å². The largest absolute Gasteiger partial charge is 0.414 e. The second kappa shape index (κ2) is 3.08. The summed E-state index contributed by atoms with van der Waals surface area (Å²) in [6.45, 7) is 11.8. The van der Waals surface area contributed by atoms with Crippen molar-refractivity contribution in [3.05, 3.63) is 0 Å². The van der Waals surface area contributed by atoms with Crippen LogP contribution in [0.5, 0.6) is 0 Å². The average molecular weight is 212 g/mol. The van der Waals surface area contributed by atoms with Gasteiger partial charge in [-0.2, -0.15) is 0 Å². The Morgan fingerprint density at radius 1 is 1.14 bits per heavy atom. The molecule has 0 N–H and O–H groups in total. The third-order valence-corrected chi connectivity index (χ3v) is 9.03. The lowest BCUT2D eigenvalue weighted by atomic mass is 10.2. The summed E-state index contributed by atoms with van der Waals surface area (Å²) in [5, 5.41) is 0.375. The molecule has 2 aliphatic carbocycles. The molecule has 0 aromatic carbocycles. The minimum Gasteiger partial charge on any atom is -0.414 e. The molecule has 0 amide bonds. The summed E-state index contributed by atoms with van der Waals surface area (Å²) in [6.07, 6.45) is 4.85. The van der Waals surface area contributed by atoms with E-state index in [4.69, 9.17) is 4.43 Å². The Morgan fingerprint density at radius 3 is 2.14 bits per heavy atom. The number of fused-ring (bicyclic) bond motifs is 1. The zero-order chi connectivity index (χ0) is 10.6. The quantitative estimate of drug-likeness (QED) is 0.633. The van der Waals surface area contributed by atoms with Crippen LogP contribution in [0.3, 0.4) is 0 Å². The molecule has 2 saturated carbocycles. The Kier molecular flexibility index (Phi) is 2.35. The number of rotatable bonds is 2. The van der Waals surface area contributed by atoms with E-state index < -0.39 is 8.32 Å². The van der Waals surface area contributed by atoms with Gasteiger partial charge >= 0.3 is 0 Å². The molecule has 0 saturated heterocycles. The Balaban J connectivity index is 1.96. The van der Waals surface area contributed by atoms with Gasteiger partial charge in [0.2, 0.25) is 0 Å². The van der Waals surface area contributed by atoms with Crippen LogP contribution < -0.4 is 0 Å². The van der Waals surface area contributed by atoms with Crippen molar-refractivity contribution in [1.82, 2.24) is 0 Å². The molecule has 2 aliphatic rings. The summed E-state index contributed by atoms with van der Waals surface area (Å²) in [5.74, 6) is 1.99. The molecular weight excluding hydrogens is 188 g/mol. The van der Waals surface area contributed by atoms with Crippen molar-refractivity contribution in [3.63, 3.8) is 0 Å². The second-order valence-corrected chi connectivity index (χ2v) is 11.4. The zero-order valence-corrected chi connectivity index (χ0v) is 11.3. The van der Waals surface area contributed by atoms with Gasteiger partial charge in [-0.3, -0.25) is 0 Å². The average Bonchev–Trinajstić information content (AvgIpc) is 2.68. The van der Waals surface area contributed by atoms with Crippen LogP contribution in [0.2, 0.25) is 18.1 Å². The Hall–Kier alpha value is 0.177. The van der Waals surface area contributed by atoms with E-state index in [9.17, 15) is 0 Å². The van der Waals surface area contributed by atoms with Crippen molar-refractivity contribution in [2.24, 2.45) is 11.8 Å². The van der Waals surface area contributed by atoms with E-state index in [1.165, 1.54) is 19.3 Å². The summed E-state index contributed by atoms with van der Waals surface area (Å²) in [6, 6.07) is 0. The predicted molar refractivity (Wildman–Crippen MR) is 62.9 cm³/mol. The molecule has 0 radical (unpaired) electrons. The van der Waals surface area contributed by atoms with Gasteiger partial charge in [0.05, 0.1) is 0 Å². The second-order valence-electron chi connectivity index (χ2n) is 6.65. The maximum Gasteiger partial charge on any atom is 0.192 e. The van der Waals surface area contributed by atoms with Crippen LogP contribution >= 0.6 is 0 Å². The molecule has 1 nitrogen and oxygen atoms in total. The topological polar surface area (TPSA) is 9.23 Å². The fraction of sp³-hybridized carbons (Fsp3) is 1.00. The van der Waals surface area contributed by atoms with Crippen LogP contribution in [0.25, 0.3) is 0 Å². The van der Waals surface area contributed by atoms with Gasteiger partial charge < -0.3 is 4.43 Å². The number of hydrogen-bond acceptors (Lipinski definition) is 1. The lowest BCUT2D eigenvalue weighted by molar-refractivity contribution is 0.166. The molecule has 0 aliphatic heterocycles. The SMILES string of the molecule is CC(C)(C)[Si](C)(C)O[C@@H]1CC[C@H]2C[C@H]21. The van der Waals surface area contributed by atoms with Gasteiger partial charge in [-0.15, -0.1) is 0 Å². The molecular formula is C12H24OSi. The molecule has 2 rings (SSSR count). The van der Waals surface area contributed by atoms with Gasteiger partial charge in [0, 0.05) is 6.10 Å². The van der Waals surface area contributed by atoms with Crippen LogP contribution in [0.1, 0.15) is 40.0 Å². The van der Waals surface area contributed by atoms with Gasteiger partial charge in [0.25, 0.3) is 0 Å². The maximum absolute atomic E-state index is 6.46. The van der Waals surface area contributed by atoms with Crippen molar-refractivity contribution in [2.45, 2.75) is 64.3 Å². The third kappa shape index (κ3) is 1.79. The Morgan fingerprint density at radius 2 is 1.79 bits per heavy atom. The normalized spacial score (nSPS) is 37.1. The van der Waals surface area contributed by atoms with Gasteiger partial charge in [-0.05, 0) is 49.2 Å². The van der Waals surface area contributed by atoms with Crippen molar-refractivity contribution in [1.29, 1.82) is 0 Å². The first kappa shape index (κ1) is 10.7. The fourth-order valence-electron chi connectivity index (χ4n) is 2.35. The molecule has 0 aromatic rings. The minimum atomic E-state index is -1.49. The first-order valence-corrected chi connectivity index (χ1v) is 8.90. The van der Waals surface area contributed by atoms with Gasteiger partial charge in [0.15, 0.2) is 8.32 Å². The highest BCUT2D eigenvalue weighted by Crippen LogP contribution is 2.54. The van der Waals surface area contributed by atoms with E-state index >= 15 is 0 Å². The van der Waals surface area contributed by atoms with Gasteiger partial charge in [0.1, 0.15) is 0 Å². The van der Waals surface area contributed by atoms with E-state index in [1.54, 1.807) is 0 Å². The molecule has 2 heteroatoms. The monoisotopic (exact) mass is 212 g/mol. The molecule has 0 spiro atoms. The zero-order valence-electron chi connectivity index (χ0n) is 10.3. The lowest BCUT2D eigenvalue weighted by Crippen LogP contribution is -2.44. The smallest absolute Gasteiger partial charge is 0.192 e. The molecule has 0 bridgehead atoms. The van der Waals surface area contributed by atoms with Gasteiger partial charge in [-0.1, -0.05) is 20.8 Å². The summed E-state index contributed by atoms with van der Waals surface area (Å²) in [5.41, 5.74) is 0. The molecule has 3 atom stereocenters. The standard InChI is InChI=1S/C12H24OSi/c1-12(2,3)14(4,5)13-11-7-6-9-8-10(9)11/h9-11H,6-8H2,1-5H3/t9-,10+,11+/m0/s1. The molecule has 2 fully saturated rings. The van der Waals surface area contributed by atoms with Crippen molar-refractivity contribution in [3.8, 4) is 0 Å². The predicted octanol–water partition coefficient (Wildman–Crippen LogP) is 3.81. The van der Waals surface area contributed by atoms with Crippen LogP contribution in [0.15, 0.2) is 0 Å². The molecule has 0 heterocycles. The summed E-state index contributed by atoms with van der Waals surface area (Å²) in [4.78, 5) is 0. The summed E-state index contributed by atoms with van der Waals surface area (Å²) in [7, 11) is -1.49. The number of hydrogen-bond donors (Lipinski definition) is 0.